The van der Waals surface area contributed by atoms with Crippen molar-refractivity contribution in [3.63, 3.8) is 0 Å². The minimum absolute atomic E-state index is 0.651. The van der Waals surface area contributed by atoms with Crippen molar-refractivity contribution in [3.05, 3.63) is 34.5 Å². The van der Waals surface area contributed by atoms with Crippen LogP contribution in [0.3, 0.4) is 0 Å². The van der Waals surface area contributed by atoms with Crippen LogP contribution in [0, 0.1) is 19.3 Å². The Labute approximate surface area is 115 Å². The largest absolute Gasteiger partial charge is 0.358 e. The summed E-state index contributed by atoms with van der Waals surface area (Å²) in [4.78, 5) is 3.73. The molecule has 1 aromatic heterocycles. The summed E-state index contributed by atoms with van der Waals surface area (Å²) in [6, 6.07) is 4.55. The fourth-order valence-corrected chi connectivity index (χ4v) is 4.55. The van der Waals surface area contributed by atoms with Crippen molar-refractivity contribution >= 4 is 10.9 Å². The molecule has 1 heterocycles. The van der Waals surface area contributed by atoms with Gasteiger partial charge in [0.1, 0.15) is 0 Å². The van der Waals surface area contributed by atoms with Gasteiger partial charge in [-0.1, -0.05) is 25.0 Å². The highest BCUT2D eigenvalue weighted by molar-refractivity contribution is 5.90. The van der Waals surface area contributed by atoms with Crippen LogP contribution in [0.4, 0.5) is 0 Å². The van der Waals surface area contributed by atoms with Gasteiger partial charge >= 0.3 is 0 Å². The molecule has 0 amide bonds. The first kappa shape index (κ1) is 11.6. The van der Waals surface area contributed by atoms with E-state index in [4.69, 9.17) is 0 Å². The van der Waals surface area contributed by atoms with E-state index >= 15 is 0 Å². The minimum Gasteiger partial charge on any atom is -0.358 e. The number of hydrogen-bond donors (Lipinski definition) is 1. The number of benzene rings is 1. The molecule has 19 heavy (non-hydrogen) atoms. The summed E-state index contributed by atoms with van der Waals surface area (Å²) < 4.78 is 0. The Bertz CT molecular complexity index is 641. The molecule has 2 aromatic rings. The molecule has 1 aromatic carbocycles. The van der Waals surface area contributed by atoms with E-state index < -0.39 is 0 Å². The maximum atomic E-state index is 3.73. The minimum atomic E-state index is 0.651. The first-order valence-corrected chi connectivity index (χ1v) is 7.78. The number of nitrogens with one attached hydrogen (secondary N) is 1. The normalized spacial score (nSPS) is 21.2. The number of aryl methyl sites for hydroxylation is 3. The molecule has 4 rings (SSSR count). The molecule has 0 saturated heterocycles. The zero-order valence-electron chi connectivity index (χ0n) is 12.1. The highest BCUT2D eigenvalue weighted by atomic mass is 14.7. The maximum absolute atomic E-state index is 3.73. The van der Waals surface area contributed by atoms with Gasteiger partial charge in [0.15, 0.2) is 0 Å². The van der Waals surface area contributed by atoms with E-state index in [1.54, 1.807) is 10.9 Å². The molecule has 1 fully saturated rings. The van der Waals surface area contributed by atoms with Crippen LogP contribution in [0.1, 0.15) is 54.5 Å². The van der Waals surface area contributed by atoms with Crippen molar-refractivity contribution in [2.45, 2.75) is 58.8 Å². The lowest BCUT2D eigenvalue weighted by Crippen LogP contribution is -2.25. The predicted octanol–water partition coefficient (Wildman–Crippen LogP) is 4.83. The number of H-pyrrole nitrogens is 1. The third-order valence-electron chi connectivity index (χ3n) is 5.69. The Morgan fingerprint density at radius 1 is 1.00 bits per heavy atom. The summed E-state index contributed by atoms with van der Waals surface area (Å²) in [5, 5.41) is 1.54. The number of aromatic amines is 1. The Morgan fingerprint density at radius 3 is 2.53 bits per heavy atom. The molecule has 1 saturated carbocycles. The molecule has 1 N–H and O–H groups in total. The molecule has 0 atom stereocenters. The maximum Gasteiger partial charge on any atom is 0.0491 e. The van der Waals surface area contributed by atoms with Gasteiger partial charge in [-0.25, -0.2) is 0 Å². The van der Waals surface area contributed by atoms with Gasteiger partial charge in [-0.2, -0.15) is 0 Å². The topological polar surface area (TPSA) is 15.8 Å². The summed E-state index contributed by atoms with van der Waals surface area (Å²) in [6.07, 6.45) is 9.83. The van der Waals surface area contributed by atoms with Crippen LogP contribution in [0.15, 0.2) is 12.1 Å². The molecule has 1 heteroatoms. The van der Waals surface area contributed by atoms with Gasteiger partial charge in [-0.3, -0.25) is 0 Å². The first-order valence-electron chi connectivity index (χ1n) is 7.78. The second-order valence-corrected chi connectivity index (χ2v) is 6.92. The molecule has 2 aliphatic rings. The van der Waals surface area contributed by atoms with Crippen molar-refractivity contribution in [1.82, 2.24) is 4.98 Å². The fourth-order valence-electron chi connectivity index (χ4n) is 4.55. The van der Waals surface area contributed by atoms with Gasteiger partial charge in [0, 0.05) is 16.6 Å². The fraction of sp³-hybridized carbons (Fsp3) is 0.556. The first-order chi connectivity index (χ1) is 9.19. The molecule has 1 nitrogen and oxygen atoms in total. The lowest BCUT2D eigenvalue weighted by Gasteiger charge is -2.33. The zero-order chi connectivity index (χ0) is 13.0. The molecule has 0 bridgehead atoms. The van der Waals surface area contributed by atoms with Crippen LogP contribution >= 0.6 is 0 Å². The zero-order valence-corrected chi connectivity index (χ0v) is 12.1. The van der Waals surface area contributed by atoms with Crippen molar-refractivity contribution < 1.29 is 0 Å². The van der Waals surface area contributed by atoms with Crippen molar-refractivity contribution in [2.24, 2.45) is 5.41 Å². The summed E-state index contributed by atoms with van der Waals surface area (Å²) in [7, 11) is 0. The third kappa shape index (κ3) is 1.60. The highest BCUT2D eigenvalue weighted by Gasteiger charge is 2.38. The summed E-state index contributed by atoms with van der Waals surface area (Å²) in [5.74, 6) is 0. The summed E-state index contributed by atoms with van der Waals surface area (Å²) in [5.41, 5.74) is 8.09. The molecular weight excluding hydrogens is 230 g/mol. The lowest BCUT2D eigenvalue weighted by atomic mass is 9.71. The molecule has 0 radical (unpaired) electrons. The number of hydrogen-bond acceptors (Lipinski definition) is 0. The lowest BCUT2D eigenvalue weighted by molar-refractivity contribution is 0.255. The molecule has 0 aliphatic heterocycles. The van der Waals surface area contributed by atoms with Gasteiger partial charge in [0.2, 0.25) is 0 Å². The van der Waals surface area contributed by atoms with E-state index in [0.29, 0.717) is 5.41 Å². The van der Waals surface area contributed by atoms with Gasteiger partial charge in [0.25, 0.3) is 0 Å². The van der Waals surface area contributed by atoms with Crippen LogP contribution in [-0.2, 0) is 12.8 Å². The van der Waals surface area contributed by atoms with Crippen LogP contribution in [0.2, 0.25) is 0 Å². The quantitative estimate of drug-likeness (QED) is 0.692. The van der Waals surface area contributed by atoms with Crippen LogP contribution in [0.5, 0.6) is 0 Å². The third-order valence-corrected chi connectivity index (χ3v) is 5.69. The van der Waals surface area contributed by atoms with E-state index in [2.05, 4.69) is 31.0 Å². The second kappa shape index (κ2) is 3.88. The van der Waals surface area contributed by atoms with Crippen LogP contribution in [-0.4, -0.2) is 4.98 Å². The Morgan fingerprint density at radius 2 is 1.74 bits per heavy atom. The van der Waals surface area contributed by atoms with E-state index in [1.807, 2.05) is 0 Å². The molecule has 1 spiro atoms. The molecule has 0 unspecified atom stereocenters. The van der Waals surface area contributed by atoms with E-state index in [9.17, 15) is 0 Å². The SMILES string of the molecule is Cc1ccc(C)c2c3c([nH]c12)CCC1(CCCC1)C3. The van der Waals surface area contributed by atoms with Crippen molar-refractivity contribution in [3.8, 4) is 0 Å². The average Bonchev–Trinajstić information content (AvgIpc) is 3.00. The molecular formula is C18H23N. The van der Waals surface area contributed by atoms with Gasteiger partial charge in [-0.05, 0) is 68.1 Å². The highest BCUT2D eigenvalue weighted by Crippen LogP contribution is 2.49. The van der Waals surface area contributed by atoms with Gasteiger partial charge in [-0.15, -0.1) is 0 Å². The molecule has 2 aliphatic carbocycles. The molecule has 100 valence electrons. The summed E-state index contributed by atoms with van der Waals surface area (Å²) >= 11 is 0. The Hall–Kier alpha value is -1.24. The van der Waals surface area contributed by atoms with E-state index in [1.165, 1.54) is 67.3 Å². The van der Waals surface area contributed by atoms with Crippen molar-refractivity contribution in [1.29, 1.82) is 0 Å². The Kier molecular flexibility index (Phi) is 2.36. The number of fused-ring (bicyclic) bond motifs is 3. The van der Waals surface area contributed by atoms with E-state index in [0.717, 1.165) is 0 Å². The smallest absolute Gasteiger partial charge is 0.0491 e. The van der Waals surface area contributed by atoms with Gasteiger partial charge in [0.05, 0.1) is 0 Å². The van der Waals surface area contributed by atoms with Crippen molar-refractivity contribution in [2.75, 3.05) is 0 Å². The Balaban J connectivity index is 1.91. The average molecular weight is 253 g/mol. The van der Waals surface area contributed by atoms with E-state index in [-0.39, 0.29) is 0 Å². The van der Waals surface area contributed by atoms with Crippen LogP contribution in [0.25, 0.3) is 10.9 Å². The number of aromatic nitrogens is 1. The monoisotopic (exact) mass is 253 g/mol. The number of rotatable bonds is 0. The van der Waals surface area contributed by atoms with Gasteiger partial charge < -0.3 is 4.98 Å². The van der Waals surface area contributed by atoms with Crippen LogP contribution < -0.4 is 0 Å². The predicted molar refractivity (Wildman–Crippen MR) is 80.7 cm³/mol. The second-order valence-electron chi connectivity index (χ2n) is 6.92. The summed E-state index contributed by atoms with van der Waals surface area (Å²) in [6.45, 7) is 4.50. The standard InChI is InChI=1S/C18H23N/c1-12-5-6-13(2)17-16(12)14-11-18(8-3-4-9-18)10-7-15(14)19-17/h5-6,19H,3-4,7-11H2,1-2H3.